The van der Waals surface area contributed by atoms with Crippen molar-refractivity contribution in [3.63, 3.8) is 0 Å². The molecule has 0 unspecified atom stereocenters. The fourth-order valence-corrected chi connectivity index (χ4v) is 2.62. The van der Waals surface area contributed by atoms with Gasteiger partial charge < -0.3 is 0 Å². The van der Waals surface area contributed by atoms with Gasteiger partial charge in [0, 0.05) is 16.6 Å². The molecule has 2 aliphatic rings. The minimum Gasteiger partial charge on any atom is -0.278 e. The Balaban J connectivity index is 2.16. The molecule has 2 amide bonds. The van der Waals surface area contributed by atoms with Gasteiger partial charge in [0.05, 0.1) is 11.8 Å². The Bertz CT molecular complexity index is 424. The normalized spacial score (nSPS) is 29.5. The van der Waals surface area contributed by atoms with Gasteiger partial charge in [0.1, 0.15) is 0 Å². The monoisotopic (exact) mass is 273 g/mol. The zero-order valence-electron chi connectivity index (χ0n) is 9.45. The number of carbonyl (C=O) groups is 2. The second-order valence-electron chi connectivity index (χ2n) is 4.38. The fraction of sp³-hybridized carbons (Fsp3) is 0.500. The van der Waals surface area contributed by atoms with E-state index in [0.717, 1.165) is 0 Å². The van der Waals surface area contributed by atoms with E-state index in [-0.39, 0.29) is 30.2 Å². The van der Waals surface area contributed by atoms with E-state index >= 15 is 0 Å². The Hall–Kier alpha value is -0.800. The lowest BCUT2D eigenvalue weighted by atomic mass is 9.85. The van der Waals surface area contributed by atoms with Gasteiger partial charge in [0.2, 0.25) is 11.8 Å². The number of rotatable bonds is 2. The maximum absolute atomic E-state index is 12.1. The van der Waals surface area contributed by atoms with Gasteiger partial charge in [-0.2, -0.15) is 0 Å². The van der Waals surface area contributed by atoms with Crippen LogP contribution in [0.2, 0.25) is 0 Å². The van der Waals surface area contributed by atoms with Gasteiger partial charge in [-0.3, -0.25) is 14.5 Å². The number of allylic oxidation sites excluding steroid dienone is 3. The van der Waals surface area contributed by atoms with Crippen LogP contribution in [0.3, 0.4) is 0 Å². The largest absolute Gasteiger partial charge is 0.278 e. The van der Waals surface area contributed by atoms with Crippen molar-refractivity contribution >= 4 is 35.0 Å². The van der Waals surface area contributed by atoms with E-state index in [9.17, 15) is 9.59 Å². The van der Waals surface area contributed by atoms with Crippen LogP contribution in [-0.4, -0.2) is 23.3 Å². The van der Waals surface area contributed by atoms with Gasteiger partial charge in [-0.1, -0.05) is 35.4 Å². The number of nitrogens with zero attached hydrogens (tertiary/aromatic N) is 1. The number of hydrogen-bond acceptors (Lipinski definition) is 2. The van der Waals surface area contributed by atoms with Crippen molar-refractivity contribution < 1.29 is 9.59 Å². The molecule has 2 rings (SSSR count). The molecule has 1 saturated heterocycles. The van der Waals surface area contributed by atoms with Crippen molar-refractivity contribution in [3.05, 3.63) is 22.2 Å². The highest BCUT2D eigenvalue weighted by Gasteiger charge is 2.47. The Morgan fingerprint density at radius 1 is 1.47 bits per heavy atom. The van der Waals surface area contributed by atoms with Gasteiger partial charge >= 0.3 is 0 Å². The first-order chi connectivity index (χ1) is 8.00. The van der Waals surface area contributed by atoms with Gasteiger partial charge in [-0.25, -0.2) is 0 Å². The zero-order valence-corrected chi connectivity index (χ0v) is 11.0. The Morgan fingerprint density at radius 2 is 2.12 bits per heavy atom. The summed E-state index contributed by atoms with van der Waals surface area (Å²) in [4.78, 5) is 25.4. The second kappa shape index (κ2) is 4.83. The van der Waals surface area contributed by atoms with E-state index in [4.69, 9.17) is 23.2 Å². The third-order valence-electron chi connectivity index (χ3n) is 3.22. The van der Waals surface area contributed by atoms with E-state index in [0.29, 0.717) is 22.9 Å². The fourth-order valence-electron chi connectivity index (χ4n) is 2.29. The Labute approximate surface area is 110 Å². The van der Waals surface area contributed by atoms with Gasteiger partial charge in [-0.05, 0) is 19.8 Å². The number of amides is 2. The summed E-state index contributed by atoms with van der Waals surface area (Å²) in [5.41, 5.74) is 0. The second-order valence-corrected chi connectivity index (χ2v) is 5.46. The molecule has 0 spiro atoms. The first kappa shape index (κ1) is 12.7. The number of carbonyl (C=O) groups excluding carboxylic acids is 2. The molecule has 0 saturated carbocycles. The molecule has 1 aliphatic heterocycles. The van der Waals surface area contributed by atoms with Crippen molar-refractivity contribution in [3.8, 4) is 0 Å². The van der Waals surface area contributed by atoms with Crippen LogP contribution in [0, 0.1) is 11.8 Å². The molecule has 0 N–H and O–H groups in total. The first-order valence-corrected chi connectivity index (χ1v) is 6.28. The summed E-state index contributed by atoms with van der Waals surface area (Å²) in [5, 5.41) is 1.26. The van der Waals surface area contributed by atoms with E-state index in [2.05, 4.69) is 0 Å². The van der Waals surface area contributed by atoms with E-state index in [1.54, 1.807) is 13.0 Å². The molecule has 17 heavy (non-hydrogen) atoms. The van der Waals surface area contributed by atoms with E-state index in [1.165, 1.54) is 4.90 Å². The lowest BCUT2D eigenvalue weighted by Crippen LogP contribution is -2.31. The van der Waals surface area contributed by atoms with Crippen LogP contribution in [-0.2, 0) is 9.59 Å². The number of likely N-dealkylation sites (tertiary alicyclic amines) is 1. The SMILES string of the molecule is C/C(Cl)=C/CN1C(=O)[C@H]2CC=C(Cl)C[C@H]2C1=O. The van der Waals surface area contributed by atoms with Crippen LogP contribution >= 0.6 is 23.2 Å². The predicted molar refractivity (Wildman–Crippen MR) is 66.5 cm³/mol. The number of imide groups is 1. The summed E-state index contributed by atoms with van der Waals surface area (Å²) < 4.78 is 0. The minimum absolute atomic E-state index is 0.102. The lowest BCUT2D eigenvalue weighted by Gasteiger charge is -2.17. The summed E-state index contributed by atoms with van der Waals surface area (Å²) in [7, 11) is 0. The minimum atomic E-state index is -0.274. The Kier molecular flexibility index (Phi) is 3.59. The molecule has 1 heterocycles. The topological polar surface area (TPSA) is 37.4 Å². The standard InChI is InChI=1S/C12H13Cl2NO2/c1-7(13)4-5-15-11(16)9-3-2-8(14)6-10(9)12(15)17/h2,4,9-10H,3,5-6H2,1H3/b7-4-/t9-,10+/m0/s1. The van der Waals surface area contributed by atoms with Crippen LogP contribution in [0.15, 0.2) is 22.2 Å². The number of fused-ring (bicyclic) bond motifs is 1. The van der Waals surface area contributed by atoms with Crippen LogP contribution in [0.4, 0.5) is 0 Å². The summed E-state index contributed by atoms with van der Waals surface area (Å²) in [5.74, 6) is -0.729. The molecule has 1 aliphatic carbocycles. The quantitative estimate of drug-likeness (QED) is 0.726. The van der Waals surface area contributed by atoms with Crippen molar-refractivity contribution in [2.75, 3.05) is 6.54 Å². The molecular formula is C12H13Cl2NO2. The average molecular weight is 274 g/mol. The van der Waals surface area contributed by atoms with Crippen molar-refractivity contribution in [2.24, 2.45) is 11.8 Å². The average Bonchev–Trinajstić information content (AvgIpc) is 2.49. The maximum Gasteiger partial charge on any atom is 0.233 e. The number of halogens is 2. The Morgan fingerprint density at radius 3 is 2.76 bits per heavy atom. The molecule has 92 valence electrons. The molecule has 1 fully saturated rings. The third-order valence-corrected chi connectivity index (χ3v) is 3.68. The lowest BCUT2D eigenvalue weighted by molar-refractivity contribution is -0.139. The highest BCUT2D eigenvalue weighted by Crippen LogP contribution is 2.38. The summed E-state index contributed by atoms with van der Waals surface area (Å²) in [6, 6.07) is 0. The van der Waals surface area contributed by atoms with Crippen LogP contribution in [0.5, 0.6) is 0 Å². The molecule has 0 radical (unpaired) electrons. The highest BCUT2D eigenvalue weighted by molar-refractivity contribution is 6.30. The van der Waals surface area contributed by atoms with Crippen molar-refractivity contribution in [1.29, 1.82) is 0 Å². The van der Waals surface area contributed by atoms with Gasteiger partial charge in [0.15, 0.2) is 0 Å². The molecule has 0 aromatic rings. The van der Waals surface area contributed by atoms with Crippen molar-refractivity contribution in [2.45, 2.75) is 19.8 Å². The van der Waals surface area contributed by atoms with Gasteiger partial charge in [-0.15, -0.1) is 0 Å². The van der Waals surface area contributed by atoms with E-state index < -0.39 is 0 Å². The summed E-state index contributed by atoms with van der Waals surface area (Å²) in [6.45, 7) is 1.98. The molecule has 0 aromatic carbocycles. The van der Waals surface area contributed by atoms with Crippen LogP contribution < -0.4 is 0 Å². The molecular weight excluding hydrogens is 261 g/mol. The summed E-state index contributed by atoms with van der Waals surface area (Å²) >= 11 is 11.6. The molecule has 3 nitrogen and oxygen atoms in total. The first-order valence-electron chi connectivity index (χ1n) is 5.52. The van der Waals surface area contributed by atoms with Crippen LogP contribution in [0.1, 0.15) is 19.8 Å². The number of hydrogen-bond donors (Lipinski definition) is 0. The summed E-state index contributed by atoms with van der Waals surface area (Å²) in [6.07, 6.45) is 4.55. The van der Waals surface area contributed by atoms with Crippen LogP contribution in [0.25, 0.3) is 0 Å². The molecule has 2 atom stereocenters. The zero-order chi connectivity index (χ0) is 12.6. The molecule has 0 aromatic heterocycles. The van der Waals surface area contributed by atoms with E-state index in [1.807, 2.05) is 6.08 Å². The smallest absolute Gasteiger partial charge is 0.233 e. The van der Waals surface area contributed by atoms with Crippen molar-refractivity contribution in [1.82, 2.24) is 4.90 Å². The predicted octanol–water partition coefficient (Wildman–Crippen LogP) is 2.65. The maximum atomic E-state index is 12.1. The molecule has 0 bridgehead atoms. The van der Waals surface area contributed by atoms with Gasteiger partial charge in [0.25, 0.3) is 0 Å². The third kappa shape index (κ3) is 2.40. The highest BCUT2D eigenvalue weighted by atomic mass is 35.5. The molecule has 5 heteroatoms.